The minimum Gasteiger partial charge on any atom is -0.330 e. The summed E-state index contributed by atoms with van der Waals surface area (Å²) >= 11 is 0. The molecule has 0 fully saturated rings. The van der Waals surface area contributed by atoms with Crippen LogP contribution in [0.2, 0.25) is 0 Å². The van der Waals surface area contributed by atoms with Gasteiger partial charge in [0.05, 0.1) is 0 Å². The van der Waals surface area contributed by atoms with Crippen molar-refractivity contribution in [3.05, 3.63) is 29.6 Å². The second kappa shape index (κ2) is 6.17. The minimum atomic E-state index is 0.760. The topological polar surface area (TPSA) is 38.9 Å². The Bertz CT molecular complexity index is 334. The van der Waals surface area contributed by atoms with Gasteiger partial charge in [-0.3, -0.25) is 4.98 Å². The lowest BCUT2D eigenvalue weighted by Gasteiger charge is -1.94. The highest BCUT2D eigenvalue weighted by atomic mass is 14.6. The van der Waals surface area contributed by atoms with E-state index >= 15 is 0 Å². The molecule has 0 aliphatic carbocycles. The molecule has 0 aromatic carbocycles. The highest BCUT2D eigenvalue weighted by molar-refractivity contribution is 5.38. The lowest BCUT2D eigenvalue weighted by molar-refractivity contribution is 0.768. The third kappa shape index (κ3) is 3.59. The standard InChI is InChI=1S/C12H16N2/c1-11-10-14-9-7-12(11)6-4-2-3-5-8-13/h7,9-10H,2-3,5,8,13H2,1H3. The molecule has 74 valence electrons. The van der Waals surface area contributed by atoms with Gasteiger partial charge in [0.1, 0.15) is 0 Å². The summed E-state index contributed by atoms with van der Waals surface area (Å²) in [6.45, 7) is 2.78. The minimum absolute atomic E-state index is 0.760. The number of aryl methyl sites for hydroxylation is 1. The van der Waals surface area contributed by atoms with Crippen LogP contribution in [0.3, 0.4) is 0 Å². The van der Waals surface area contributed by atoms with E-state index in [9.17, 15) is 0 Å². The van der Waals surface area contributed by atoms with Gasteiger partial charge in [-0.1, -0.05) is 11.8 Å². The molecule has 2 nitrogen and oxygen atoms in total. The molecule has 0 aliphatic heterocycles. The number of pyridine rings is 1. The number of nitrogens with two attached hydrogens (primary N) is 1. The zero-order valence-electron chi connectivity index (χ0n) is 8.59. The van der Waals surface area contributed by atoms with Gasteiger partial charge in [0.25, 0.3) is 0 Å². The molecule has 2 heteroatoms. The molecule has 0 saturated heterocycles. The van der Waals surface area contributed by atoms with E-state index in [2.05, 4.69) is 16.8 Å². The fraction of sp³-hybridized carbons (Fsp3) is 0.417. The predicted molar refractivity (Wildman–Crippen MR) is 58.8 cm³/mol. The van der Waals surface area contributed by atoms with E-state index in [1.807, 2.05) is 19.2 Å². The quantitative estimate of drug-likeness (QED) is 0.581. The average Bonchev–Trinajstić information content (AvgIpc) is 2.20. The van der Waals surface area contributed by atoms with Crippen molar-refractivity contribution in [2.24, 2.45) is 5.73 Å². The van der Waals surface area contributed by atoms with E-state index in [0.717, 1.165) is 36.9 Å². The second-order valence-electron chi connectivity index (χ2n) is 3.24. The molecule has 14 heavy (non-hydrogen) atoms. The molecule has 0 unspecified atom stereocenters. The summed E-state index contributed by atoms with van der Waals surface area (Å²) in [4.78, 5) is 4.02. The van der Waals surface area contributed by atoms with E-state index < -0.39 is 0 Å². The Morgan fingerprint density at radius 3 is 3.00 bits per heavy atom. The van der Waals surface area contributed by atoms with E-state index in [4.69, 9.17) is 5.73 Å². The van der Waals surface area contributed by atoms with Crippen molar-refractivity contribution < 1.29 is 0 Å². The molecule has 2 N–H and O–H groups in total. The van der Waals surface area contributed by atoms with Gasteiger partial charge >= 0.3 is 0 Å². The van der Waals surface area contributed by atoms with Gasteiger partial charge in [-0.25, -0.2) is 0 Å². The molecule has 0 aliphatic rings. The van der Waals surface area contributed by atoms with Gasteiger partial charge in [0, 0.05) is 24.4 Å². The third-order valence-corrected chi connectivity index (χ3v) is 2.00. The Morgan fingerprint density at radius 2 is 2.29 bits per heavy atom. The molecular weight excluding hydrogens is 172 g/mol. The van der Waals surface area contributed by atoms with Crippen LogP contribution in [0, 0.1) is 18.8 Å². The lowest BCUT2D eigenvalue weighted by Crippen LogP contribution is -1.96. The molecule has 1 aromatic rings. The first-order valence-electron chi connectivity index (χ1n) is 4.94. The number of hydrogen-bond acceptors (Lipinski definition) is 2. The smallest absolute Gasteiger partial charge is 0.0309 e. The fourth-order valence-electron chi connectivity index (χ4n) is 1.13. The zero-order valence-corrected chi connectivity index (χ0v) is 8.59. The van der Waals surface area contributed by atoms with Crippen LogP contribution in [0.1, 0.15) is 30.4 Å². The monoisotopic (exact) mass is 188 g/mol. The first kappa shape index (κ1) is 10.7. The Labute approximate surface area is 85.5 Å². The maximum absolute atomic E-state index is 5.39. The third-order valence-electron chi connectivity index (χ3n) is 2.00. The maximum atomic E-state index is 5.39. The maximum Gasteiger partial charge on any atom is 0.0309 e. The summed E-state index contributed by atoms with van der Waals surface area (Å²) in [7, 11) is 0. The van der Waals surface area contributed by atoms with Crippen LogP contribution >= 0.6 is 0 Å². The van der Waals surface area contributed by atoms with Gasteiger partial charge in [-0.05, 0) is 37.9 Å². The number of nitrogens with zero attached hydrogens (tertiary/aromatic N) is 1. The SMILES string of the molecule is Cc1cnccc1C#CCCCCN. The van der Waals surface area contributed by atoms with Gasteiger partial charge < -0.3 is 5.73 Å². The van der Waals surface area contributed by atoms with Gasteiger partial charge in [0.15, 0.2) is 0 Å². The summed E-state index contributed by atoms with van der Waals surface area (Å²) in [5.74, 6) is 6.28. The summed E-state index contributed by atoms with van der Waals surface area (Å²) in [5, 5.41) is 0. The zero-order chi connectivity index (χ0) is 10.2. The van der Waals surface area contributed by atoms with Crippen LogP contribution in [-0.4, -0.2) is 11.5 Å². The van der Waals surface area contributed by atoms with Crippen molar-refractivity contribution >= 4 is 0 Å². The lowest BCUT2D eigenvalue weighted by atomic mass is 10.1. The van der Waals surface area contributed by atoms with Crippen molar-refractivity contribution in [2.75, 3.05) is 6.54 Å². The number of rotatable bonds is 3. The summed E-state index contributed by atoms with van der Waals surface area (Å²) in [6, 6.07) is 1.95. The number of unbranched alkanes of at least 4 members (excludes halogenated alkanes) is 2. The van der Waals surface area contributed by atoms with Gasteiger partial charge in [-0.2, -0.15) is 0 Å². The predicted octanol–water partition coefficient (Wildman–Crippen LogP) is 1.87. The van der Waals surface area contributed by atoms with Crippen molar-refractivity contribution in [3.8, 4) is 11.8 Å². The molecule has 1 heterocycles. The Balaban J connectivity index is 2.47. The number of hydrogen-bond donors (Lipinski definition) is 1. The molecule has 1 aromatic heterocycles. The molecular formula is C12H16N2. The number of aromatic nitrogens is 1. The van der Waals surface area contributed by atoms with Crippen LogP contribution in [0.15, 0.2) is 18.5 Å². The Hall–Kier alpha value is -1.33. The van der Waals surface area contributed by atoms with Crippen molar-refractivity contribution in [2.45, 2.75) is 26.2 Å². The van der Waals surface area contributed by atoms with E-state index in [0.29, 0.717) is 0 Å². The summed E-state index contributed by atoms with van der Waals surface area (Å²) in [5.41, 5.74) is 7.60. The van der Waals surface area contributed by atoms with Crippen molar-refractivity contribution in [1.82, 2.24) is 4.98 Å². The molecule has 0 saturated carbocycles. The normalized spacial score (nSPS) is 9.29. The van der Waals surface area contributed by atoms with Crippen molar-refractivity contribution in [3.63, 3.8) is 0 Å². The first-order chi connectivity index (χ1) is 6.84. The van der Waals surface area contributed by atoms with Gasteiger partial charge in [0.2, 0.25) is 0 Å². The second-order valence-corrected chi connectivity index (χ2v) is 3.24. The molecule has 0 bridgehead atoms. The summed E-state index contributed by atoms with van der Waals surface area (Å²) in [6.07, 6.45) is 6.69. The van der Waals surface area contributed by atoms with E-state index in [-0.39, 0.29) is 0 Å². The molecule has 0 spiro atoms. The van der Waals surface area contributed by atoms with Crippen molar-refractivity contribution in [1.29, 1.82) is 0 Å². The average molecular weight is 188 g/mol. The van der Waals surface area contributed by atoms with Gasteiger partial charge in [-0.15, -0.1) is 0 Å². The molecule has 1 rings (SSSR count). The Kier molecular flexibility index (Phi) is 4.74. The summed E-state index contributed by atoms with van der Waals surface area (Å²) < 4.78 is 0. The largest absolute Gasteiger partial charge is 0.330 e. The van der Waals surface area contributed by atoms with Crippen LogP contribution in [-0.2, 0) is 0 Å². The molecule has 0 amide bonds. The van der Waals surface area contributed by atoms with E-state index in [1.54, 1.807) is 6.20 Å². The van der Waals surface area contributed by atoms with Crippen LogP contribution in [0.5, 0.6) is 0 Å². The van der Waals surface area contributed by atoms with Crippen LogP contribution < -0.4 is 5.73 Å². The highest BCUT2D eigenvalue weighted by Gasteiger charge is 1.90. The first-order valence-corrected chi connectivity index (χ1v) is 4.94. The Morgan fingerprint density at radius 1 is 1.43 bits per heavy atom. The fourth-order valence-corrected chi connectivity index (χ4v) is 1.13. The highest BCUT2D eigenvalue weighted by Crippen LogP contribution is 2.02. The van der Waals surface area contributed by atoms with Crippen LogP contribution in [0.4, 0.5) is 0 Å². The van der Waals surface area contributed by atoms with E-state index in [1.165, 1.54) is 0 Å². The van der Waals surface area contributed by atoms with Crippen LogP contribution in [0.25, 0.3) is 0 Å². The molecule has 0 atom stereocenters. The molecule has 0 radical (unpaired) electrons.